The summed E-state index contributed by atoms with van der Waals surface area (Å²) in [5.74, 6) is 0.141. The molecule has 0 bridgehead atoms. The van der Waals surface area contributed by atoms with E-state index in [1.54, 1.807) is 29.3 Å². The lowest BCUT2D eigenvalue weighted by molar-refractivity contribution is -0.141. The molecule has 4 rings (SSSR count). The minimum Gasteiger partial charge on any atom is -0.391 e. The summed E-state index contributed by atoms with van der Waals surface area (Å²) in [5.41, 5.74) is -0.679. The Morgan fingerprint density at radius 1 is 1.17 bits per heavy atom. The van der Waals surface area contributed by atoms with Crippen LogP contribution in [0.5, 0.6) is 0 Å². The first-order chi connectivity index (χ1) is 14.3. The highest BCUT2D eigenvalue weighted by Gasteiger charge is 2.43. The largest absolute Gasteiger partial charge is 0.433 e. The van der Waals surface area contributed by atoms with Crippen LogP contribution in [0, 0.1) is 5.41 Å². The third kappa shape index (κ3) is 4.26. The van der Waals surface area contributed by atoms with Crippen LogP contribution in [0.2, 0.25) is 0 Å². The van der Waals surface area contributed by atoms with Crippen LogP contribution in [0.3, 0.4) is 0 Å². The molecule has 0 saturated carbocycles. The third-order valence-electron chi connectivity index (χ3n) is 5.99. The van der Waals surface area contributed by atoms with Gasteiger partial charge in [0.05, 0.1) is 11.7 Å². The molecule has 2 fully saturated rings. The first kappa shape index (κ1) is 20.6. The quantitative estimate of drug-likeness (QED) is 0.809. The van der Waals surface area contributed by atoms with E-state index in [1.165, 1.54) is 12.3 Å². The number of aromatic nitrogens is 2. The maximum atomic E-state index is 13.0. The van der Waals surface area contributed by atoms with Crippen LogP contribution in [0.4, 0.5) is 19.0 Å². The van der Waals surface area contributed by atoms with E-state index in [2.05, 4.69) is 9.97 Å². The number of hydrogen-bond acceptors (Lipinski definition) is 5. The lowest BCUT2D eigenvalue weighted by Gasteiger charge is -2.49. The number of rotatable bonds is 2. The van der Waals surface area contributed by atoms with E-state index >= 15 is 0 Å². The maximum Gasteiger partial charge on any atom is 0.433 e. The molecular formula is C21H23F3N4O2. The van der Waals surface area contributed by atoms with Gasteiger partial charge in [0, 0.05) is 38.6 Å². The van der Waals surface area contributed by atoms with Crippen LogP contribution in [0.25, 0.3) is 0 Å². The fourth-order valence-electron chi connectivity index (χ4n) is 4.51. The van der Waals surface area contributed by atoms with E-state index in [-0.39, 0.29) is 17.9 Å². The van der Waals surface area contributed by atoms with Gasteiger partial charge < -0.3 is 14.9 Å². The monoisotopic (exact) mass is 420 g/mol. The van der Waals surface area contributed by atoms with Crippen molar-refractivity contribution >= 4 is 11.7 Å². The number of aliphatic hydroxyl groups excluding tert-OH is 1. The van der Waals surface area contributed by atoms with Crippen molar-refractivity contribution in [1.29, 1.82) is 0 Å². The second-order valence-corrected chi connectivity index (χ2v) is 8.15. The summed E-state index contributed by atoms with van der Waals surface area (Å²) in [6.07, 6.45) is -0.0878. The Balaban J connectivity index is 1.46. The van der Waals surface area contributed by atoms with Gasteiger partial charge in [0.2, 0.25) is 0 Å². The number of nitrogens with zero attached hydrogens (tertiary/aromatic N) is 4. The Bertz CT molecular complexity index is 899. The van der Waals surface area contributed by atoms with Crippen molar-refractivity contribution in [2.24, 2.45) is 5.41 Å². The molecule has 2 aliphatic heterocycles. The van der Waals surface area contributed by atoms with E-state index in [4.69, 9.17) is 0 Å². The van der Waals surface area contributed by atoms with Gasteiger partial charge in [-0.3, -0.25) is 9.78 Å². The predicted octanol–water partition coefficient (Wildman–Crippen LogP) is 2.99. The minimum atomic E-state index is -4.48. The molecule has 2 aromatic heterocycles. The van der Waals surface area contributed by atoms with Crippen LogP contribution in [-0.2, 0) is 6.18 Å². The summed E-state index contributed by atoms with van der Waals surface area (Å²) in [5, 5.41) is 10.4. The number of anilines is 1. The lowest BCUT2D eigenvalue weighted by Crippen LogP contribution is -2.55. The highest BCUT2D eigenvalue weighted by atomic mass is 19.4. The Labute approximate surface area is 172 Å². The molecule has 1 unspecified atom stereocenters. The summed E-state index contributed by atoms with van der Waals surface area (Å²) in [7, 11) is 0. The van der Waals surface area contributed by atoms with Gasteiger partial charge in [-0.15, -0.1) is 0 Å². The molecule has 2 aliphatic rings. The Morgan fingerprint density at radius 2 is 1.93 bits per heavy atom. The normalized spacial score (nSPS) is 21.7. The average molecular weight is 420 g/mol. The average Bonchev–Trinajstić information content (AvgIpc) is 2.73. The summed E-state index contributed by atoms with van der Waals surface area (Å²) < 4.78 is 38.9. The zero-order valence-corrected chi connectivity index (χ0v) is 16.3. The number of likely N-dealkylation sites (tertiary alicyclic amines) is 1. The number of amides is 1. The van der Waals surface area contributed by atoms with Crippen LogP contribution in [0.1, 0.15) is 35.3 Å². The van der Waals surface area contributed by atoms with E-state index in [0.717, 1.165) is 6.07 Å². The molecule has 6 nitrogen and oxygen atoms in total. The summed E-state index contributed by atoms with van der Waals surface area (Å²) >= 11 is 0. The second-order valence-electron chi connectivity index (χ2n) is 8.15. The summed E-state index contributed by atoms with van der Waals surface area (Å²) in [4.78, 5) is 24.1. The van der Waals surface area contributed by atoms with Gasteiger partial charge in [0.1, 0.15) is 11.5 Å². The Hall–Kier alpha value is -2.68. The second kappa shape index (κ2) is 7.86. The van der Waals surface area contributed by atoms with Crippen LogP contribution >= 0.6 is 0 Å². The molecule has 0 aromatic carbocycles. The molecule has 0 aliphatic carbocycles. The summed E-state index contributed by atoms with van der Waals surface area (Å²) in [6.45, 7) is 1.84. The molecular weight excluding hydrogens is 397 g/mol. The molecule has 0 radical (unpaired) electrons. The molecule has 160 valence electrons. The first-order valence-electron chi connectivity index (χ1n) is 9.92. The van der Waals surface area contributed by atoms with Gasteiger partial charge in [0.15, 0.2) is 0 Å². The SMILES string of the molecule is O=C(c1cccnc1)N1CC(O)CC2(CCN(c3cccc(C(F)(F)F)n3)CC2)C1. The molecule has 2 aromatic rings. The maximum absolute atomic E-state index is 13.0. The van der Waals surface area contributed by atoms with Crippen LogP contribution in [-0.4, -0.2) is 58.2 Å². The van der Waals surface area contributed by atoms with E-state index in [9.17, 15) is 23.1 Å². The lowest BCUT2D eigenvalue weighted by atomic mass is 9.71. The molecule has 9 heteroatoms. The predicted molar refractivity (Wildman–Crippen MR) is 104 cm³/mol. The van der Waals surface area contributed by atoms with Crippen molar-refractivity contribution in [3.05, 3.63) is 54.0 Å². The number of hydrogen-bond donors (Lipinski definition) is 1. The minimum absolute atomic E-state index is 0.164. The standard InChI is InChI=1S/C21H23F3N4O2/c22-21(23,24)17-4-1-5-18(26-17)27-9-6-20(7-10-27)11-16(29)13-28(14-20)19(30)15-3-2-8-25-12-15/h1-5,8,12,16,29H,6-7,9-11,13-14H2. The third-order valence-corrected chi connectivity index (χ3v) is 5.99. The number of aliphatic hydroxyl groups is 1. The zero-order valence-electron chi connectivity index (χ0n) is 16.3. The molecule has 1 N–H and O–H groups in total. The number of carbonyl (C=O) groups excluding carboxylic acids is 1. The number of piperidine rings is 2. The molecule has 1 amide bonds. The van der Waals surface area contributed by atoms with Gasteiger partial charge in [-0.2, -0.15) is 13.2 Å². The van der Waals surface area contributed by atoms with Gasteiger partial charge in [-0.25, -0.2) is 4.98 Å². The van der Waals surface area contributed by atoms with E-state index in [1.807, 2.05) is 4.90 Å². The van der Waals surface area contributed by atoms with Crippen molar-refractivity contribution in [2.75, 3.05) is 31.1 Å². The first-order valence-corrected chi connectivity index (χ1v) is 9.92. The topological polar surface area (TPSA) is 69.6 Å². The Kier molecular flexibility index (Phi) is 5.40. The van der Waals surface area contributed by atoms with Gasteiger partial charge >= 0.3 is 6.18 Å². The molecule has 30 heavy (non-hydrogen) atoms. The fourth-order valence-corrected chi connectivity index (χ4v) is 4.51. The molecule has 1 atom stereocenters. The number of alkyl halides is 3. The fraction of sp³-hybridized carbons (Fsp3) is 0.476. The van der Waals surface area contributed by atoms with E-state index in [0.29, 0.717) is 50.3 Å². The molecule has 2 saturated heterocycles. The number of halogens is 3. The number of carbonyl (C=O) groups is 1. The van der Waals surface area contributed by atoms with Crippen molar-refractivity contribution in [1.82, 2.24) is 14.9 Å². The van der Waals surface area contributed by atoms with Gasteiger partial charge in [-0.1, -0.05) is 6.07 Å². The zero-order chi connectivity index (χ0) is 21.4. The van der Waals surface area contributed by atoms with Gasteiger partial charge in [0.25, 0.3) is 5.91 Å². The smallest absolute Gasteiger partial charge is 0.391 e. The number of pyridine rings is 2. The van der Waals surface area contributed by atoms with Crippen molar-refractivity contribution in [3.63, 3.8) is 0 Å². The summed E-state index contributed by atoms with van der Waals surface area (Å²) in [6, 6.07) is 7.32. The molecule has 1 spiro atoms. The highest BCUT2D eigenvalue weighted by Crippen LogP contribution is 2.41. The van der Waals surface area contributed by atoms with Crippen LogP contribution < -0.4 is 4.90 Å². The van der Waals surface area contributed by atoms with Crippen LogP contribution in [0.15, 0.2) is 42.7 Å². The molecule has 4 heterocycles. The number of β-amino-alcohol motifs (C(OH)–C–C–N with tert-alkyl or cyclic N) is 1. The van der Waals surface area contributed by atoms with E-state index < -0.39 is 18.0 Å². The van der Waals surface area contributed by atoms with Crippen molar-refractivity contribution in [3.8, 4) is 0 Å². The van der Waals surface area contributed by atoms with Crippen molar-refractivity contribution < 1.29 is 23.1 Å². The Morgan fingerprint density at radius 3 is 2.60 bits per heavy atom. The highest BCUT2D eigenvalue weighted by molar-refractivity contribution is 5.94. The van der Waals surface area contributed by atoms with Gasteiger partial charge in [-0.05, 0) is 48.9 Å². The van der Waals surface area contributed by atoms with Crippen molar-refractivity contribution in [2.45, 2.75) is 31.5 Å².